The van der Waals surface area contributed by atoms with Crippen molar-refractivity contribution in [3.8, 4) is 16.9 Å². The average molecular weight is 585 g/mol. The molecule has 0 saturated carbocycles. The zero-order valence-electron chi connectivity index (χ0n) is 20.0. The van der Waals surface area contributed by atoms with Crippen LogP contribution in [0, 0.1) is 0 Å². The van der Waals surface area contributed by atoms with Crippen LogP contribution in [0.1, 0.15) is 12.5 Å². The Labute approximate surface area is 222 Å². The predicted octanol–water partition coefficient (Wildman–Crippen LogP) is 5.53. The van der Waals surface area contributed by atoms with Crippen LogP contribution in [0.2, 0.25) is 0 Å². The average Bonchev–Trinajstić information content (AvgIpc) is 3.15. The molecule has 0 radical (unpaired) electrons. The van der Waals surface area contributed by atoms with Crippen LogP contribution in [-0.4, -0.2) is 36.4 Å². The second-order valence-corrected chi connectivity index (χ2v) is 9.93. The standard InChI is InChI=1S/C24H17F6N5O4S/c1-13-20(22(37)35(33-13)17-10-8-15(9-11-17)23(25,26)27)32-31-19-7-3-6-18(21(19)36)14-4-2-5-16(12-14)34-40(38,39)24(28,29)30/h2-12,31,34,36H,1H3/b32-20-. The largest absolute Gasteiger partial charge is 0.516 e. The number of aromatic hydroxyl groups is 1. The molecule has 4 rings (SSSR count). The number of nitrogens with zero attached hydrogens (tertiary/aromatic N) is 3. The first-order valence-electron chi connectivity index (χ1n) is 11.0. The summed E-state index contributed by atoms with van der Waals surface area (Å²) in [5.41, 5.74) is -4.14. The maximum atomic E-state index is 12.8. The summed E-state index contributed by atoms with van der Waals surface area (Å²) in [5, 5.41) is 19.6. The highest BCUT2D eigenvalue weighted by atomic mass is 32.2. The van der Waals surface area contributed by atoms with E-state index in [0.29, 0.717) is 0 Å². The van der Waals surface area contributed by atoms with Crippen LogP contribution in [0.4, 0.5) is 43.4 Å². The van der Waals surface area contributed by atoms with Gasteiger partial charge in [-0.2, -0.15) is 50.0 Å². The molecule has 16 heteroatoms. The van der Waals surface area contributed by atoms with Crippen LogP contribution < -0.4 is 15.2 Å². The Balaban J connectivity index is 1.56. The molecule has 0 aromatic heterocycles. The van der Waals surface area contributed by atoms with Crippen LogP contribution in [0.5, 0.6) is 5.75 Å². The van der Waals surface area contributed by atoms with Crippen molar-refractivity contribution in [3.05, 3.63) is 72.3 Å². The molecule has 1 amide bonds. The number of sulfonamides is 1. The fourth-order valence-electron chi connectivity index (χ4n) is 3.54. The van der Waals surface area contributed by atoms with E-state index in [1.807, 2.05) is 0 Å². The number of hydrogen-bond acceptors (Lipinski definition) is 7. The molecule has 0 saturated heterocycles. The Morgan fingerprint density at radius 3 is 2.23 bits per heavy atom. The first kappa shape index (κ1) is 28.4. The van der Waals surface area contributed by atoms with E-state index in [2.05, 4.69) is 15.6 Å². The SMILES string of the molecule is CC1=NN(c2ccc(C(F)(F)F)cc2)C(=O)/C1=N\Nc1cccc(-c2cccc(NS(=O)(=O)C(F)(F)F)c2)c1O. The van der Waals surface area contributed by atoms with Crippen LogP contribution in [0.3, 0.4) is 0 Å². The lowest BCUT2D eigenvalue weighted by Gasteiger charge is -2.14. The molecule has 210 valence electrons. The Morgan fingerprint density at radius 1 is 0.950 bits per heavy atom. The van der Waals surface area contributed by atoms with Crippen molar-refractivity contribution >= 4 is 44.4 Å². The third kappa shape index (κ3) is 5.70. The van der Waals surface area contributed by atoms with Crippen molar-refractivity contribution in [1.29, 1.82) is 0 Å². The number of rotatable bonds is 6. The van der Waals surface area contributed by atoms with E-state index in [0.717, 1.165) is 41.4 Å². The summed E-state index contributed by atoms with van der Waals surface area (Å²) in [4.78, 5) is 12.8. The van der Waals surface area contributed by atoms with Gasteiger partial charge in [0.2, 0.25) is 0 Å². The molecular weight excluding hydrogens is 568 g/mol. The Hall–Kier alpha value is -4.60. The fourth-order valence-corrected chi connectivity index (χ4v) is 4.09. The minimum atomic E-state index is -5.67. The van der Waals surface area contributed by atoms with E-state index in [1.165, 1.54) is 42.0 Å². The molecule has 9 nitrogen and oxygen atoms in total. The summed E-state index contributed by atoms with van der Waals surface area (Å²) in [6.07, 6.45) is -4.56. The van der Waals surface area contributed by atoms with Gasteiger partial charge in [-0.3, -0.25) is 14.9 Å². The highest BCUT2D eigenvalue weighted by Crippen LogP contribution is 2.37. The number of nitrogens with one attached hydrogen (secondary N) is 2. The van der Waals surface area contributed by atoms with Gasteiger partial charge >= 0.3 is 27.6 Å². The zero-order valence-corrected chi connectivity index (χ0v) is 20.9. The number of phenolic OH excluding ortho intramolecular Hbond substituents is 1. The van der Waals surface area contributed by atoms with Crippen LogP contribution in [0.25, 0.3) is 11.1 Å². The topological polar surface area (TPSA) is 123 Å². The Kier molecular flexibility index (Phi) is 7.23. The van der Waals surface area contributed by atoms with Gasteiger partial charge in [-0.25, -0.2) is 0 Å². The second-order valence-electron chi connectivity index (χ2n) is 8.25. The first-order valence-corrected chi connectivity index (χ1v) is 12.5. The Morgan fingerprint density at radius 2 is 1.60 bits per heavy atom. The number of amides is 1. The number of anilines is 3. The van der Waals surface area contributed by atoms with Gasteiger partial charge in [0.25, 0.3) is 0 Å². The van der Waals surface area contributed by atoms with Gasteiger partial charge in [0, 0.05) is 11.3 Å². The summed E-state index contributed by atoms with van der Waals surface area (Å²) >= 11 is 0. The molecule has 0 unspecified atom stereocenters. The highest BCUT2D eigenvalue weighted by molar-refractivity contribution is 7.93. The number of carbonyl (C=O) groups is 1. The molecule has 3 aromatic rings. The molecule has 1 aliphatic rings. The lowest BCUT2D eigenvalue weighted by Crippen LogP contribution is -2.29. The lowest BCUT2D eigenvalue weighted by molar-refractivity contribution is -0.137. The van der Waals surface area contributed by atoms with Gasteiger partial charge in [0.05, 0.1) is 22.6 Å². The number of para-hydroxylation sites is 1. The summed E-state index contributed by atoms with van der Waals surface area (Å²) in [7, 11) is -5.67. The van der Waals surface area contributed by atoms with Crippen molar-refractivity contribution < 1.29 is 44.7 Å². The van der Waals surface area contributed by atoms with Crippen LogP contribution >= 0.6 is 0 Å². The molecule has 1 aliphatic heterocycles. The van der Waals surface area contributed by atoms with E-state index < -0.39 is 44.6 Å². The maximum absolute atomic E-state index is 12.8. The van der Waals surface area contributed by atoms with Gasteiger partial charge in [-0.15, -0.1) is 0 Å². The Bertz CT molecular complexity index is 1630. The van der Waals surface area contributed by atoms with Crippen LogP contribution in [-0.2, 0) is 21.0 Å². The fraction of sp³-hybridized carbons (Fsp3) is 0.125. The molecule has 0 spiro atoms. The van der Waals surface area contributed by atoms with Gasteiger partial charge in [-0.05, 0) is 55.0 Å². The van der Waals surface area contributed by atoms with E-state index in [9.17, 15) is 44.7 Å². The quantitative estimate of drug-likeness (QED) is 0.200. The van der Waals surface area contributed by atoms with Gasteiger partial charge < -0.3 is 5.11 Å². The third-order valence-electron chi connectivity index (χ3n) is 5.48. The number of benzene rings is 3. The molecule has 1 heterocycles. The van der Waals surface area contributed by atoms with Gasteiger partial charge in [-0.1, -0.05) is 24.3 Å². The smallest absolute Gasteiger partial charge is 0.505 e. The minimum Gasteiger partial charge on any atom is -0.505 e. The van der Waals surface area contributed by atoms with Crippen molar-refractivity contribution in [1.82, 2.24) is 0 Å². The molecule has 0 bridgehead atoms. The molecule has 3 N–H and O–H groups in total. The molecule has 40 heavy (non-hydrogen) atoms. The summed E-state index contributed by atoms with van der Waals surface area (Å²) in [6, 6.07) is 12.8. The number of carbonyl (C=O) groups excluding carboxylic acids is 1. The van der Waals surface area contributed by atoms with E-state index in [-0.39, 0.29) is 33.9 Å². The van der Waals surface area contributed by atoms with Crippen molar-refractivity contribution in [3.63, 3.8) is 0 Å². The molecule has 0 fully saturated rings. The molecular formula is C24H17F6N5O4S. The highest BCUT2D eigenvalue weighted by Gasteiger charge is 2.46. The maximum Gasteiger partial charge on any atom is 0.516 e. The minimum absolute atomic E-state index is 0.0279. The zero-order chi connectivity index (χ0) is 29.5. The van der Waals surface area contributed by atoms with Crippen molar-refractivity contribution in [2.24, 2.45) is 10.2 Å². The number of halogens is 6. The van der Waals surface area contributed by atoms with Gasteiger partial charge in [0.15, 0.2) is 5.71 Å². The van der Waals surface area contributed by atoms with Crippen molar-refractivity contribution in [2.45, 2.75) is 18.6 Å². The molecule has 0 aliphatic carbocycles. The predicted molar refractivity (Wildman–Crippen MR) is 135 cm³/mol. The van der Waals surface area contributed by atoms with E-state index in [1.54, 1.807) is 0 Å². The van der Waals surface area contributed by atoms with E-state index in [4.69, 9.17) is 0 Å². The molecule has 0 atom stereocenters. The van der Waals surface area contributed by atoms with Crippen LogP contribution in [0.15, 0.2) is 76.9 Å². The summed E-state index contributed by atoms with van der Waals surface area (Å²) in [5.74, 6) is -1.19. The van der Waals surface area contributed by atoms with Crippen molar-refractivity contribution in [2.75, 3.05) is 15.2 Å². The second kappa shape index (κ2) is 10.2. The summed E-state index contributed by atoms with van der Waals surface area (Å²) < 4.78 is 101. The first-order chi connectivity index (χ1) is 18.6. The molecule has 3 aromatic carbocycles. The number of hydrazone groups is 2. The lowest BCUT2D eigenvalue weighted by atomic mass is 10.0. The number of alkyl halides is 6. The monoisotopic (exact) mass is 585 g/mol. The third-order valence-corrected chi connectivity index (χ3v) is 6.60. The number of hydrogen-bond donors (Lipinski definition) is 3. The normalized spacial score (nSPS) is 15.4. The number of phenols is 1. The summed E-state index contributed by atoms with van der Waals surface area (Å²) in [6.45, 7) is 1.44. The van der Waals surface area contributed by atoms with Gasteiger partial charge in [0.1, 0.15) is 5.75 Å². The van der Waals surface area contributed by atoms with E-state index >= 15 is 0 Å².